The number of benzene rings is 2. The maximum absolute atomic E-state index is 12.7. The highest BCUT2D eigenvalue weighted by Crippen LogP contribution is 2.48. The van der Waals surface area contributed by atoms with E-state index >= 15 is 0 Å². The predicted octanol–water partition coefficient (Wildman–Crippen LogP) is 4.20. The molecule has 0 bridgehead atoms. The quantitative estimate of drug-likeness (QED) is 0.585. The minimum absolute atomic E-state index is 0.0207. The van der Waals surface area contributed by atoms with E-state index in [4.69, 9.17) is 13.9 Å². The zero-order valence-electron chi connectivity index (χ0n) is 12.6. The monoisotopic (exact) mass is 365 g/mol. The fourth-order valence-corrected chi connectivity index (χ4v) is 2.88. The Bertz CT molecular complexity index is 720. The van der Waals surface area contributed by atoms with Crippen LogP contribution >= 0.6 is 15.9 Å². The average molecular weight is 365 g/mol. The highest BCUT2D eigenvalue weighted by Gasteiger charge is 2.24. The van der Waals surface area contributed by atoms with Crippen molar-refractivity contribution < 1.29 is 27.6 Å². The minimum atomic E-state index is -3.83. The lowest BCUT2D eigenvalue weighted by Gasteiger charge is -2.13. The standard InChI is InChI=1S/C16H14O6P2/c17-23(18)20-11-12-24(19,21-13-15-7-3-1-4-8-15)22-14-16-9-5-2-6-10-16/h1-10H,13-14H2/p+1. The van der Waals surface area contributed by atoms with Gasteiger partial charge in [-0.2, -0.15) is 4.52 Å². The van der Waals surface area contributed by atoms with Gasteiger partial charge in [-0.05, 0) is 11.1 Å². The molecule has 2 aromatic carbocycles. The van der Waals surface area contributed by atoms with E-state index < -0.39 is 15.9 Å². The summed E-state index contributed by atoms with van der Waals surface area (Å²) in [5.74, 6) is 0. The van der Waals surface area contributed by atoms with E-state index in [9.17, 15) is 9.13 Å². The van der Waals surface area contributed by atoms with Crippen LogP contribution in [0.2, 0.25) is 0 Å². The molecule has 124 valence electrons. The summed E-state index contributed by atoms with van der Waals surface area (Å²) in [5, 5.41) is 0. The SMILES string of the molecule is O=[P+](O)OC#CP(=O)(OCc1ccccc1)OCc1ccccc1. The highest BCUT2D eigenvalue weighted by atomic mass is 31.2. The van der Waals surface area contributed by atoms with E-state index in [0.29, 0.717) is 0 Å². The van der Waals surface area contributed by atoms with E-state index in [1.807, 2.05) is 42.5 Å². The zero-order valence-corrected chi connectivity index (χ0v) is 14.4. The molecule has 6 nitrogen and oxygen atoms in total. The Hall–Kier alpha value is -1.99. The largest absolute Gasteiger partial charge is 0.756 e. The van der Waals surface area contributed by atoms with Crippen molar-refractivity contribution in [1.82, 2.24) is 0 Å². The van der Waals surface area contributed by atoms with Crippen LogP contribution in [-0.4, -0.2) is 4.89 Å². The molecular weight excluding hydrogens is 350 g/mol. The summed E-state index contributed by atoms with van der Waals surface area (Å²) in [7, 11) is -6.75. The van der Waals surface area contributed by atoms with Crippen molar-refractivity contribution in [3.63, 3.8) is 0 Å². The summed E-state index contributed by atoms with van der Waals surface area (Å²) in [6.45, 7) is 0.0414. The minimum Gasteiger partial charge on any atom is -0.294 e. The van der Waals surface area contributed by atoms with Crippen LogP contribution in [0.5, 0.6) is 0 Å². The molecule has 0 heterocycles. The summed E-state index contributed by atoms with van der Waals surface area (Å²) >= 11 is 0. The first-order chi connectivity index (χ1) is 11.6. The number of hydrogen-bond donors (Lipinski definition) is 1. The molecule has 0 saturated heterocycles. The molecule has 1 atom stereocenters. The number of rotatable bonds is 7. The van der Waals surface area contributed by atoms with Gasteiger partial charge in [-0.15, -0.1) is 4.89 Å². The van der Waals surface area contributed by atoms with E-state index in [0.717, 1.165) is 11.1 Å². The summed E-state index contributed by atoms with van der Waals surface area (Å²) in [6, 6.07) is 18.2. The van der Waals surface area contributed by atoms with Gasteiger partial charge in [0.25, 0.3) is 0 Å². The molecule has 0 spiro atoms. The Morgan fingerprint density at radius 1 is 0.917 bits per heavy atom. The van der Waals surface area contributed by atoms with Crippen molar-refractivity contribution in [1.29, 1.82) is 0 Å². The lowest BCUT2D eigenvalue weighted by molar-refractivity contribution is 0.201. The van der Waals surface area contributed by atoms with Gasteiger partial charge in [0.2, 0.25) is 0 Å². The van der Waals surface area contributed by atoms with Gasteiger partial charge in [0, 0.05) is 4.57 Å². The Morgan fingerprint density at radius 2 is 1.38 bits per heavy atom. The molecule has 0 aliphatic heterocycles. The van der Waals surface area contributed by atoms with Crippen LogP contribution in [0.3, 0.4) is 0 Å². The van der Waals surface area contributed by atoms with Gasteiger partial charge >= 0.3 is 15.9 Å². The summed E-state index contributed by atoms with van der Waals surface area (Å²) in [4.78, 5) is 8.58. The Balaban J connectivity index is 2.06. The third kappa shape index (κ3) is 6.64. The molecule has 0 amide bonds. The molecule has 0 aliphatic carbocycles. The molecule has 24 heavy (non-hydrogen) atoms. The van der Waals surface area contributed by atoms with Crippen molar-refractivity contribution >= 4 is 15.9 Å². The second-order valence-corrected chi connectivity index (χ2v) is 6.95. The lowest BCUT2D eigenvalue weighted by atomic mass is 10.2. The Morgan fingerprint density at radius 3 is 1.79 bits per heavy atom. The van der Waals surface area contributed by atoms with Gasteiger partial charge in [0.15, 0.2) is 6.11 Å². The normalized spacial score (nSPS) is 11.3. The Labute approximate surface area is 140 Å². The maximum Gasteiger partial charge on any atom is 0.756 e. The van der Waals surface area contributed by atoms with Crippen LogP contribution in [0.1, 0.15) is 11.1 Å². The van der Waals surface area contributed by atoms with Gasteiger partial charge in [-0.25, -0.2) is 4.57 Å². The lowest BCUT2D eigenvalue weighted by Crippen LogP contribution is -1.96. The average Bonchev–Trinajstić information content (AvgIpc) is 2.60. The van der Waals surface area contributed by atoms with Gasteiger partial charge in [0.05, 0.1) is 18.9 Å². The van der Waals surface area contributed by atoms with Gasteiger partial charge < -0.3 is 0 Å². The number of hydrogen-bond acceptors (Lipinski definition) is 5. The van der Waals surface area contributed by atoms with Crippen LogP contribution in [0.15, 0.2) is 60.7 Å². The van der Waals surface area contributed by atoms with E-state index in [1.165, 1.54) is 0 Å². The van der Waals surface area contributed by atoms with Crippen molar-refractivity contribution in [2.45, 2.75) is 13.2 Å². The van der Waals surface area contributed by atoms with Crippen LogP contribution in [0.25, 0.3) is 0 Å². The second kappa shape index (κ2) is 9.34. The maximum atomic E-state index is 12.7. The summed E-state index contributed by atoms with van der Waals surface area (Å²) in [5.41, 5.74) is 3.74. The molecule has 0 aromatic heterocycles. The predicted molar refractivity (Wildman–Crippen MR) is 88.8 cm³/mol. The molecule has 2 rings (SSSR count). The topological polar surface area (TPSA) is 82.1 Å². The molecule has 0 aliphatic rings. The van der Waals surface area contributed by atoms with Gasteiger partial charge in [-0.1, -0.05) is 60.7 Å². The first kappa shape index (κ1) is 18.4. The molecule has 0 radical (unpaired) electrons. The van der Waals surface area contributed by atoms with Crippen LogP contribution < -0.4 is 0 Å². The van der Waals surface area contributed by atoms with E-state index in [2.05, 4.69) is 10.2 Å². The Kier molecular flexibility index (Phi) is 7.14. The molecule has 8 heteroatoms. The molecule has 2 aromatic rings. The molecule has 1 N–H and O–H groups in total. The van der Waals surface area contributed by atoms with Crippen LogP contribution in [-0.2, 0) is 35.9 Å². The first-order valence-corrected chi connectivity index (χ1v) is 9.57. The summed E-state index contributed by atoms with van der Waals surface area (Å²) < 4.78 is 38.0. The highest BCUT2D eigenvalue weighted by molar-refractivity contribution is 7.59. The fourth-order valence-electron chi connectivity index (χ4n) is 1.68. The third-order valence-corrected chi connectivity index (χ3v) is 4.34. The van der Waals surface area contributed by atoms with Crippen molar-refractivity contribution in [3.8, 4) is 11.8 Å². The van der Waals surface area contributed by atoms with E-state index in [-0.39, 0.29) is 13.2 Å². The third-order valence-electron chi connectivity index (χ3n) is 2.79. The fraction of sp³-hybridized carbons (Fsp3) is 0.125. The zero-order chi connectivity index (χ0) is 17.3. The van der Waals surface area contributed by atoms with E-state index in [1.54, 1.807) is 24.3 Å². The first-order valence-electron chi connectivity index (χ1n) is 6.90. The molecule has 0 fully saturated rings. The molecular formula is C16H15O6P2+. The molecule has 1 unspecified atom stereocenters. The smallest absolute Gasteiger partial charge is 0.294 e. The van der Waals surface area contributed by atoms with Crippen molar-refractivity contribution in [3.05, 3.63) is 71.8 Å². The van der Waals surface area contributed by atoms with Gasteiger partial charge in [-0.3, -0.25) is 9.05 Å². The van der Waals surface area contributed by atoms with Crippen LogP contribution in [0, 0.1) is 11.8 Å². The van der Waals surface area contributed by atoms with Crippen LogP contribution in [0.4, 0.5) is 0 Å². The van der Waals surface area contributed by atoms with Crippen molar-refractivity contribution in [2.75, 3.05) is 0 Å². The van der Waals surface area contributed by atoms with Crippen molar-refractivity contribution in [2.24, 2.45) is 0 Å². The second-order valence-electron chi connectivity index (χ2n) is 4.56. The summed E-state index contributed by atoms with van der Waals surface area (Å²) in [6.07, 6.45) is 1.90. The van der Waals surface area contributed by atoms with Gasteiger partial charge in [0.1, 0.15) is 0 Å². The molecule has 0 saturated carbocycles.